The molecule has 9 heteroatoms. The first-order chi connectivity index (χ1) is 18.5. The van der Waals surface area contributed by atoms with Crippen molar-refractivity contribution in [2.75, 3.05) is 26.9 Å². The summed E-state index contributed by atoms with van der Waals surface area (Å²) in [6.45, 7) is 1.28. The van der Waals surface area contributed by atoms with Gasteiger partial charge in [-0.1, -0.05) is 53.5 Å². The summed E-state index contributed by atoms with van der Waals surface area (Å²) in [5.41, 5.74) is 1.88. The van der Waals surface area contributed by atoms with Crippen LogP contribution in [0.25, 0.3) is 0 Å². The zero-order chi connectivity index (χ0) is 26.6. The molecular weight excluding hydrogens is 527 g/mol. The summed E-state index contributed by atoms with van der Waals surface area (Å²) in [6, 6.07) is 15.4. The Morgan fingerprint density at radius 2 is 1.84 bits per heavy atom. The molecule has 0 spiro atoms. The molecule has 0 N–H and O–H groups in total. The summed E-state index contributed by atoms with van der Waals surface area (Å²) in [5.74, 6) is 0.955. The predicted molar refractivity (Wildman–Crippen MR) is 147 cm³/mol. The van der Waals surface area contributed by atoms with E-state index in [1.807, 2.05) is 17.2 Å². The maximum atomic E-state index is 13.1. The molecule has 5 rings (SSSR count). The fourth-order valence-electron chi connectivity index (χ4n) is 4.66. The van der Waals surface area contributed by atoms with Crippen LogP contribution < -0.4 is 14.2 Å². The van der Waals surface area contributed by atoms with Gasteiger partial charge in [-0.15, -0.1) is 0 Å². The molecule has 0 aromatic heterocycles. The first-order valence-electron chi connectivity index (χ1n) is 12.4. The molecule has 1 fully saturated rings. The summed E-state index contributed by atoms with van der Waals surface area (Å²) in [5, 5.41) is 0.606. The number of methoxy groups -OCH3 is 1. The van der Waals surface area contributed by atoms with Gasteiger partial charge in [0, 0.05) is 35.8 Å². The van der Waals surface area contributed by atoms with Crippen LogP contribution in [-0.2, 0) is 0 Å². The largest absolute Gasteiger partial charge is 0.493 e. The van der Waals surface area contributed by atoms with Crippen LogP contribution in [0.3, 0.4) is 0 Å². The van der Waals surface area contributed by atoms with Gasteiger partial charge in [0.2, 0.25) is 0 Å². The predicted octanol–water partition coefficient (Wildman–Crippen LogP) is 6.40. The lowest BCUT2D eigenvalue weighted by Gasteiger charge is -2.20. The van der Waals surface area contributed by atoms with Gasteiger partial charge in [-0.05, 0) is 31.0 Å². The molecule has 2 heterocycles. The number of carbonyl (C=O) groups excluding carboxylic acids is 2. The van der Waals surface area contributed by atoms with E-state index in [9.17, 15) is 9.59 Å². The van der Waals surface area contributed by atoms with E-state index in [2.05, 4.69) is 4.99 Å². The second kappa shape index (κ2) is 11.5. The van der Waals surface area contributed by atoms with E-state index in [1.165, 1.54) is 7.11 Å². The Labute approximate surface area is 230 Å². The van der Waals surface area contributed by atoms with E-state index >= 15 is 0 Å². The summed E-state index contributed by atoms with van der Waals surface area (Å²) in [6.07, 6.45) is 4.22. The maximum Gasteiger partial charge on any atom is 0.256 e. The molecule has 7 nitrogen and oxygen atoms in total. The maximum absolute atomic E-state index is 13.1. The smallest absolute Gasteiger partial charge is 0.256 e. The molecule has 2 aliphatic rings. The molecule has 3 aromatic rings. The average Bonchev–Trinajstić information content (AvgIpc) is 3.36. The Morgan fingerprint density at radius 3 is 2.63 bits per heavy atom. The van der Waals surface area contributed by atoms with Crippen LogP contribution in [0.4, 0.5) is 5.69 Å². The van der Waals surface area contributed by atoms with Crippen LogP contribution in [0.5, 0.6) is 17.2 Å². The number of ketones is 1. The van der Waals surface area contributed by atoms with Crippen molar-refractivity contribution >= 4 is 46.8 Å². The third-order valence-electron chi connectivity index (χ3n) is 6.54. The Bertz CT molecular complexity index is 1390. The molecule has 1 amide bonds. The van der Waals surface area contributed by atoms with Crippen molar-refractivity contribution in [2.24, 2.45) is 4.99 Å². The van der Waals surface area contributed by atoms with Crippen molar-refractivity contribution in [3.05, 3.63) is 81.3 Å². The lowest BCUT2D eigenvalue weighted by Crippen LogP contribution is -2.35. The third-order valence-corrected chi connectivity index (χ3v) is 7.04. The molecular formula is C29H26Cl2N2O5. The first kappa shape index (κ1) is 26.1. The molecule has 1 atom stereocenters. The first-order valence-corrected chi connectivity index (χ1v) is 13.1. The number of aliphatic imine (C=N–C) groups is 1. The number of benzene rings is 3. The van der Waals surface area contributed by atoms with Crippen LogP contribution in [0.1, 0.15) is 45.5 Å². The minimum atomic E-state index is -0.230. The zero-order valence-electron chi connectivity index (χ0n) is 20.8. The van der Waals surface area contributed by atoms with Gasteiger partial charge in [-0.3, -0.25) is 14.6 Å². The minimum absolute atomic E-state index is 0.0285. The Morgan fingerprint density at radius 1 is 1.05 bits per heavy atom. The molecule has 38 heavy (non-hydrogen) atoms. The molecule has 0 unspecified atom stereocenters. The molecule has 0 bridgehead atoms. The summed E-state index contributed by atoms with van der Waals surface area (Å²) in [7, 11) is 1.54. The van der Waals surface area contributed by atoms with Gasteiger partial charge in [0.1, 0.15) is 5.75 Å². The molecule has 3 aromatic carbocycles. The average molecular weight is 553 g/mol. The summed E-state index contributed by atoms with van der Waals surface area (Å²) >= 11 is 12.6. The van der Waals surface area contributed by atoms with Crippen LogP contribution in [0.2, 0.25) is 10.0 Å². The normalized spacial score (nSPS) is 16.0. The second-order valence-electron chi connectivity index (χ2n) is 9.02. The lowest BCUT2D eigenvalue weighted by molar-refractivity contribution is 0.0774. The third kappa shape index (κ3) is 5.35. The lowest BCUT2D eigenvalue weighted by atomic mass is 10.0. The highest BCUT2D eigenvalue weighted by Crippen LogP contribution is 2.38. The van der Waals surface area contributed by atoms with E-state index in [4.69, 9.17) is 37.4 Å². The van der Waals surface area contributed by atoms with Gasteiger partial charge in [-0.2, -0.15) is 0 Å². The molecule has 0 aliphatic carbocycles. The van der Waals surface area contributed by atoms with Gasteiger partial charge in [0.05, 0.1) is 48.2 Å². The quantitative estimate of drug-likeness (QED) is 0.226. The minimum Gasteiger partial charge on any atom is -0.493 e. The number of hydrogen-bond donors (Lipinski definition) is 0. The van der Waals surface area contributed by atoms with Crippen molar-refractivity contribution < 1.29 is 23.8 Å². The number of rotatable bonds is 9. The van der Waals surface area contributed by atoms with Crippen LogP contribution in [0.15, 0.2) is 59.6 Å². The van der Waals surface area contributed by atoms with Crippen molar-refractivity contribution in [1.29, 1.82) is 0 Å². The van der Waals surface area contributed by atoms with Crippen molar-refractivity contribution in [2.45, 2.75) is 25.3 Å². The van der Waals surface area contributed by atoms with Crippen LogP contribution >= 0.6 is 23.2 Å². The second-order valence-corrected chi connectivity index (χ2v) is 9.86. The number of halogens is 2. The van der Waals surface area contributed by atoms with E-state index in [0.29, 0.717) is 51.9 Å². The number of fused-ring (bicyclic) bond motifs is 2. The number of carbonyl (C=O) groups is 2. The SMILES string of the molecule is COc1cc2c(cc1OCCCOc1c(Cl)cc(Cl)cc1C(=O)c1ccccc1)N=C[C@@H]1CCCN1C2=O. The van der Waals surface area contributed by atoms with Crippen LogP contribution in [-0.4, -0.2) is 55.7 Å². The monoisotopic (exact) mass is 552 g/mol. The topological polar surface area (TPSA) is 77.4 Å². The van der Waals surface area contributed by atoms with E-state index in [-0.39, 0.29) is 35.1 Å². The van der Waals surface area contributed by atoms with E-state index in [0.717, 1.165) is 19.4 Å². The molecule has 2 aliphatic heterocycles. The molecule has 0 saturated carbocycles. The van der Waals surface area contributed by atoms with Crippen LogP contribution in [0, 0.1) is 0 Å². The summed E-state index contributed by atoms with van der Waals surface area (Å²) in [4.78, 5) is 32.5. The zero-order valence-corrected chi connectivity index (χ0v) is 22.3. The molecule has 196 valence electrons. The Balaban J connectivity index is 1.25. The molecule has 0 radical (unpaired) electrons. The number of hydrogen-bond acceptors (Lipinski definition) is 6. The van der Waals surface area contributed by atoms with E-state index in [1.54, 1.807) is 48.5 Å². The Hall–Kier alpha value is -3.55. The number of amides is 1. The number of ether oxygens (including phenoxy) is 3. The van der Waals surface area contributed by atoms with Gasteiger partial charge in [0.25, 0.3) is 5.91 Å². The van der Waals surface area contributed by atoms with Gasteiger partial charge >= 0.3 is 0 Å². The van der Waals surface area contributed by atoms with Gasteiger partial charge < -0.3 is 19.1 Å². The van der Waals surface area contributed by atoms with Crippen molar-refractivity contribution in [3.8, 4) is 17.2 Å². The highest BCUT2D eigenvalue weighted by atomic mass is 35.5. The summed E-state index contributed by atoms with van der Waals surface area (Å²) < 4.78 is 17.4. The standard InChI is InChI=1S/C29H26Cl2N2O5/c1-36-25-15-21-24(32-17-20-9-5-10-33(20)29(21)35)16-26(25)37-11-6-12-38-28-22(13-19(30)14-23(28)31)27(34)18-7-3-2-4-8-18/h2-4,7-8,13-17,20H,5-6,9-12H2,1H3/t20-/m0/s1. The highest BCUT2D eigenvalue weighted by molar-refractivity contribution is 6.36. The number of nitrogens with zero attached hydrogens (tertiary/aromatic N) is 2. The van der Waals surface area contributed by atoms with Crippen molar-refractivity contribution in [1.82, 2.24) is 4.90 Å². The molecule has 1 saturated heterocycles. The highest BCUT2D eigenvalue weighted by Gasteiger charge is 2.32. The van der Waals surface area contributed by atoms with E-state index < -0.39 is 0 Å². The van der Waals surface area contributed by atoms with Gasteiger partial charge in [-0.25, -0.2) is 0 Å². The van der Waals surface area contributed by atoms with Crippen molar-refractivity contribution in [3.63, 3.8) is 0 Å². The Kier molecular flexibility index (Phi) is 7.86. The fraction of sp³-hybridized carbons (Fsp3) is 0.276. The van der Waals surface area contributed by atoms with Gasteiger partial charge in [0.15, 0.2) is 17.3 Å². The fourth-order valence-corrected chi connectivity index (χ4v) is 5.20.